The number of nitrogens with two attached hydrogens (primary N) is 1. The molecule has 2 aromatic rings. The van der Waals surface area contributed by atoms with Crippen LogP contribution < -0.4 is 10.5 Å². The zero-order chi connectivity index (χ0) is 14.5. The van der Waals surface area contributed by atoms with Gasteiger partial charge in [-0.2, -0.15) is 0 Å². The van der Waals surface area contributed by atoms with Crippen molar-refractivity contribution in [1.82, 2.24) is 4.98 Å². The lowest BCUT2D eigenvalue weighted by molar-refractivity contribution is 0.472. The number of hydrogen-bond donors (Lipinski definition) is 1. The highest BCUT2D eigenvalue weighted by Crippen LogP contribution is 2.25. The Balaban J connectivity index is 2.21. The summed E-state index contributed by atoms with van der Waals surface area (Å²) in [5.74, 6) is 1.67. The molecule has 0 fully saturated rings. The first kappa shape index (κ1) is 14.5. The van der Waals surface area contributed by atoms with Crippen LogP contribution in [0.3, 0.4) is 0 Å². The molecule has 0 spiro atoms. The molecule has 0 aliphatic rings. The van der Waals surface area contributed by atoms with E-state index in [0.29, 0.717) is 0 Å². The third kappa shape index (κ3) is 3.81. The molecule has 1 unspecified atom stereocenters. The molecule has 106 valence electrons. The zero-order valence-electron chi connectivity index (χ0n) is 12.4. The van der Waals surface area contributed by atoms with Crippen molar-refractivity contribution < 1.29 is 4.74 Å². The molecule has 3 nitrogen and oxygen atoms in total. The average Bonchev–Trinajstić information content (AvgIpc) is 2.40. The topological polar surface area (TPSA) is 48.1 Å². The van der Waals surface area contributed by atoms with Gasteiger partial charge in [0.2, 0.25) is 0 Å². The van der Waals surface area contributed by atoms with Crippen LogP contribution in [-0.2, 0) is 12.8 Å². The second-order valence-corrected chi connectivity index (χ2v) is 5.18. The smallest absolute Gasteiger partial charge is 0.148 e. The summed E-state index contributed by atoms with van der Waals surface area (Å²) in [6.45, 7) is 6.08. The van der Waals surface area contributed by atoms with Crippen molar-refractivity contribution in [2.75, 3.05) is 0 Å². The van der Waals surface area contributed by atoms with Gasteiger partial charge in [-0.15, -0.1) is 0 Å². The fourth-order valence-electron chi connectivity index (χ4n) is 2.18. The summed E-state index contributed by atoms with van der Waals surface area (Å²) in [6.07, 6.45) is 1.71. The van der Waals surface area contributed by atoms with Crippen molar-refractivity contribution >= 4 is 0 Å². The normalized spacial score (nSPS) is 12.2. The molecule has 2 rings (SSSR count). The monoisotopic (exact) mass is 270 g/mol. The summed E-state index contributed by atoms with van der Waals surface area (Å²) in [7, 11) is 0. The first-order chi connectivity index (χ1) is 9.58. The van der Waals surface area contributed by atoms with Gasteiger partial charge in [-0.3, -0.25) is 4.98 Å². The van der Waals surface area contributed by atoms with E-state index in [4.69, 9.17) is 10.5 Å². The van der Waals surface area contributed by atoms with Crippen molar-refractivity contribution in [1.29, 1.82) is 0 Å². The highest BCUT2D eigenvalue weighted by molar-refractivity contribution is 5.37. The average molecular weight is 270 g/mol. The van der Waals surface area contributed by atoms with Gasteiger partial charge in [0.1, 0.15) is 11.5 Å². The molecule has 3 heteroatoms. The van der Waals surface area contributed by atoms with Gasteiger partial charge in [-0.25, -0.2) is 0 Å². The van der Waals surface area contributed by atoms with E-state index in [1.165, 1.54) is 5.56 Å². The number of aryl methyl sites for hydroxylation is 2. The molecule has 1 heterocycles. The minimum absolute atomic E-state index is 0.150. The highest BCUT2D eigenvalue weighted by Gasteiger charge is 2.06. The predicted molar refractivity (Wildman–Crippen MR) is 82.2 cm³/mol. The molecular formula is C17H22N2O. The van der Waals surface area contributed by atoms with E-state index >= 15 is 0 Å². The van der Waals surface area contributed by atoms with E-state index in [2.05, 4.69) is 18.0 Å². The van der Waals surface area contributed by atoms with E-state index in [0.717, 1.165) is 35.7 Å². The number of rotatable bonds is 5. The largest absolute Gasteiger partial charge is 0.455 e. The lowest BCUT2D eigenvalue weighted by Crippen LogP contribution is -2.17. The second-order valence-electron chi connectivity index (χ2n) is 5.18. The summed E-state index contributed by atoms with van der Waals surface area (Å²) in [5, 5.41) is 0. The first-order valence-electron chi connectivity index (χ1n) is 7.07. The summed E-state index contributed by atoms with van der Waals surface area (Å²) in [5.41, 5.74) is 9.03. The van der Waals surface area contributed by atoms with Gasteiger partial charge in [0.25, 0.3) is 0 Å². The number of pyridine rings is 1. The van der Waals surface area contributed by atoms with Gasteiger partial charge in [0, 0.05) is 11.7 Å². The van der Waals surface area contributed by atoms with Crippen LogP contribution in [0.1, 0.15) is 30.8 Å². The van der Waals surface area contributed by atoms with Crippen LogP contribution in [-0.4, -0.2) is 11.0 Å². The molecule has 0 aliphatic carbocycles. The minimum atomic E-state index is 0.150. The third-order valence-corrected chi connectivity index (χ3v) is 3.09. The maximum atomic E-state index is 5.97. The van der Waals surface area contributed by atoms with Crippen molar-refractivity contribution in [3.63, 3.8) is 0 Å². The van der Waals surface area contributed by atoms with Gasteiger partial charge in [-0.1, -0.05) is 19.1 Å². The molecular weight excluding hydrogens is 248 g/mol. The Kier molecular flexibility index (Phi) is 4.74. The molecule has 0 amide bonds. The van der Waals surface area contributed by atoms with Crippen LogP contribution >= 0.6 is 0 Å². The lowest BCUT2D eigenvalue weighted by atomic mass is 10.1. The van der Waals surface area contributed by atoms with Crippen LogP contribution in [0.5, 0.6) is 11.5 Å². The van der Waals surface area contributed by atoms with Gasteiger partial charge in [0.15, 0.2) is 0 Å². The predicted octanol–water partition coefficient (Wildman–Crippen LogP) is 3.63. The van der Waals surface area contributed by atoms with Crippen molar-refractivity contribution in [3.8, 4) is 11.5 Å². The Morgan fingerprint density at radius 1 is 1.25 bits per heavy atom. The fraction of sp³-hybridized carbons (Fsp3) is 0.353. The second kappa shape index (κ2) is 6.53. The highest BCUT2D eigenvalue weighted by atomic mass is 16.5. The Morgan fingerprint density at radius 2 is 2.05 bits per heavy atom. The third-order valence-electron chi connectivity index (χ3n) is 3.09. The maximum Gasteiger partial charge on any atom is 0.148 e. The van der Waals surface area contributed by atoms with Crippen LogP contribution in [0.4, 0.5) is 0 Å². The zero-order valence-corrected chi connectivity index (χ0v) is 12.4. The standard InChI is InChI=1S/C17H22N2O/c1-4-16-17(9-8-13(3)19-16)20-15-7-5-6-14(11-15)10-12(2)18/h5-9,11-12H,4,10,18H2,1-3H3. The molecule has 1 aromatic carbocycles. The fourth-order valence-corrected chi connectivity index (χ4v) is 2.18. The van der Waals surface area contributed by atoms with E-state index in [1.54, 1.807) is 0 Å². The van der Waals surface area contributed by atoms with E-state index < -0.39 is 0 Å². The summed E-state index contributed by atoms with van der Waals surface area (Å²) in [4.78, 5) is 4.51. The van der Waals surface area contributed by atoms with E-state index in [-0.39, 0.29) is 6.04 Å². The van der Waals surface area contributed by atoms with Crippen LogP contribution in [0, 0.1) is 6.92 Å². The van der Waals surface area contributed by atoms with Gasteiger partial charge in [-0.05, 0) is 56.5 Å². The summed E-state index contributed by atoms with van der Waals surface area (Å²) >= 11 is 0. The van der Waals surface area contributed by atoms with E-state index in [9.17, 15) is 0 Å². The Bertz CT molecular complexity index is 579. The molecule has 0 aliphatic heterocycles. The van der Waals surface area contributed by atoms with E-state index in [1.807, 2.05) is 44.2 Å². The van der Waals surface area contributed by atoms with Crippen LogP contribution in [0.2, 0.25) is 0 Å². The number of aromatic nitrogens is 1. The Morgan fingerprint density at radius 3 is 2.75 bits per heavy atom. The molecule has 0 saturated heterocycles. The van der Waals surface area contributed by atoms with Gasteiger partial charge < -0.3 is 10.5 Å². The molecule has 2 N–H and O–H groups in total. The number of ether oxygens (including phenoxy) is 1. The molecule has 0 bridgehead atoms. The lowest BCUT2D eigenvalue weighted by Gasteiger charge is -2.12. The summed E-state index contributed by atoms with van der Waals surface area (Å²) in [6, 6.07) is 12.2. The van der Waals surface area contributed by atoms with Crippen molar-refractivity contribution in [2.45, 2.75) is 39.7 Å². The first-order valence-corrected chi connectivity index (χ1v) is 7.07. The molecule has 1 atom stereocenters. The number of nitrogens with zero attached hydrogens (tertiary/aromatic N) is 1. The van der Waals surface area contributed by atoms with Crippen LogP contribution in [0.15, 0.2) is 36.4 Å². The number of benzene rings is 1. The Labute approximate surface area is 120 Å². The maximum absolute atomic E-state index is 5.97. The summed E-state index contributed by atoms with van der Waals surface area (Å²) < 4.78 is 5.97. The van der Waals surface area contributed by atoms with Gasteiger partial charge in [0.05, 0.1) is 5.69 Å². The van der Waals surface area contributed by atoms with Crippen molar-refractivity contribution in [3.05, 3.63) is 53.3 Å². The molecule has 1 aromatic heterocycles. The molecule has 20 heavy (non-hydrogen) atoms. The Hall–Kier alpha value is -1.87. The molecule has 0 saturated carbocycles. The van der Waals surface area contributed by atoms with Crippen LogP contribution in [0.25, 0.3) is 0 Å². The van der Waals surface area contributed by atoms with Gasteiger partial charge >= 0.3 is 0 Å². The SMILES string of the molecule is CCc1nc(C)ccc1Oc1cccc(CC(C)N)c1. The molecule has 0 radical (unpaired) electrons. The van der Waals surface area contributed by atoms with Crippen molar-refractivity contribution in [2.24, 2.45) is 5.73 Å². The quantitative estimate of drug-likeness (QED) is 0.902. The number of hydrogen-bond acceptors (Lipinski definition) is 3. The minimum Gasteiger partial charge on any atom is -0.455 e.